The van der Waals surface area contributed by atoms with Gasteiger partial charge in [-0.1, -0.05) is 378 Å². The highest BCUT2D eigenvalue weighted by atomic mass is 31.2. The summed E-state index contributed by atoms with van der Waals surface area (Å²) in [4.78, 5) is 35.4. The number of nitrogens with two attached hydrogens (primary N) is 1. The van der Waals surface area contributed by atoms with Crippen molar-refractivity contribution in [3.05, 3.63) is 36.5 Å². The molecule has 0 amide bonds. The van der Waals surface area contributed by atoms with Gasteiger partial charge in [-0.2, -0.15) is 0 Å². The summed E-state index contributed by atoms with van der Waals surface area (Å²) in [5.41, 5.74) is 5.41. The summed E-state index contributed by atoms with van der Waals surface area (Å²) in [5.74, 6) is -0.803. The summed E-state index contributed by atoms with van der Waals surface area (Å²) >= 11 is 0. The highest BCUT2D eigenvalue weighted by Gasteiger charge is 2.26. The second kappa shape index (κ2) is 72.3. The van der Waals surface area contributed by atoms with E-state index in [4.69, 9.17) is 24.3 Å². The lowest BCUT2D eigenvalue weighted by Gasteiger charge is -2.19. The van der Waals surface area contributed by atoms with Crippen LogP contribution >= 0.6 is 7.82 Å². The lowest BCUT2D eigenvalue weighted by atomic mass is 10.0. The van der Waals surface area contributed by atoms with E-state index in [0.29, 0.717) is 6.42 Å². The minimum Gasteiger partial charge on any atom is -0.462 e. The number of phosphoric ester groups is 1. The van der Waals surface area contributed by atoms with E-state index in [1.54, 1.807) is 0 Å². The van der Waals surface area contributed by atoms with Crippen LogP contribution in [0.3, 0.4) is 0 Å². The molecule has 0 bridgehead atoms. The molecule has 0 aromatic heterocycles. The average Bonchev–Trinajstić information content (AvgIpc) is 3.58. The largest absolute Gasteiger partial charge is 0.472 e. The molecule has 3 N–H and O–H groups in total. The molecule has 2 unspecified atom stereocenters. The molecule has 0 spiro atoms. The third kappa shape index (κ3) is 71.3. The first kappa shape index (κ1) is 84.2. The first-order valence-electron chi connectivity index (χ1n) is 38.0. The Hall–Kier alpha value is -1.77. The highest BCUT2D eigenvalue weighted by molar-refractivity contribution is 7.47. The van der Waals surface area contributed by atoms with Crippen LogP contribution in [0.4, 0.5) is 0 Å². The number of carbonyl (C=O) groups is 2. The van der Waals surface area contributed by atoms with Crippen LogP contribution in [0.15, 0.2) is 36.5 Å². The quantitative estimate of drug-likeness (QED) is 0.0264. The predicted molar refractivity (Wildman–Crippen MR) is 372 cm³/mol. The first-order chi connectivity index (χ1) is 42.3. The van der Waals surface area contributed by atoms with Gasteiger partial charge in [0.25, 0.3) is 0 Å². The Kier molecular flexibility index (Phi) is 70.8. The fraction of sp³-hybridized carbons (Fsp3) is 0.895. The number of ether oxygens (including phenoxy) is 2. The van der Waals surface area contributed by atoms with E-state index < -0.39 is 26.5 Å². The van der Waals surface area contributed by atoms with E-state index in [1.165, 1.54) is 327 Å². The van der Waals surface area contributed by atoms with Crippen molar-refractivity contribution in [1.29, 1.82) is 0 Å². The molecular formula is C76H146NO8P. The number of allylic oxidation sites excluding steroid dienone is 6. The van der Waals surface area contributed by atoms with Gasteiger partial charge in [-0.15, -0.1) is 0 Å². The molecule has 0 saturated heterocycles. The zero-order valence-electron chi connectivity index (χ0n) is 57.3. The number of rotatable bonds is 73. The zero-order valence-corrected chi connectivity index (χ0v) is 58.2. The van der Waals surface area contributed by atoms with Crippen molar-refractivity contribution in [1.82, 2.24) is 0 Å². The van der Waals surface area contributed by atoms with Crippen LogP contribution < -0.4 is 5.73 Å². The number of carbonyl (C=O) groups excluding carboxylic acids is 2. The van der Waals surface area contributed by atoms with Crippen LogP contribution in [0.5, 0.6) is 0 Å². The van der Waals surface area contributed by atoms with Crippen molar-refractivity contribution in [2.45, 2.75) is 412 Å². The van der Waals surface area contributed by atoms with Crippen molar-refractivity contribution in [2.24, 2.45) is 5.73 Å². The minimum atomic E-state index is -4.39. The Labute approximate surface area is 535 Å². The van der Waals surface area contributed by atoms with Gasteiger partial charge in [-0.3, -0.25) is 18.6 Å². The summed E-state index contributed by atoms with van der Waals surface area (Å²) in [6, 6.07) is 0. The SMILES string of the molecule is CCCCCCC/C=C\C/C=C\C/C=C\CCCCCCCCCCCCCCCCCCCCC(=O)OC(COC(=O)CCCCCCCCCCCCCCCCCCCCCCCCCCCCCCCCCC)COP(=O)(O)OCCN. The minimum absolute atomic E-state index is 0.0562. The molecule has 10 heteroatoms. The molecule has 0 radical (unpaired) electrons. The standard InChI is InChI=1S/C76H146NO8P/c1-3-5-7-9-11-13-15-17-19-21-23-25-27-29-31-33-35-37-39-41-43-45-47-49-51-53-55-57-59-61-63-65-67-69-76(79)85-74(73-84-86(80,81)83-71-70-77)72-82-75(78)68-66-64-62-60-58-56-54-52-50-48-46-44-42-40-38-36-34-32-30-28-26-24-22-20-18-16-14-12-10-8-6-4-2/h15,17,21,23,27,29,74H,3-14,16,18-20,22,24-26,28,30-73,77H2,1-2H3,(H,80,81)/b17-15-,23-21-,29-27-. The van der Waals surface area contributed by atoms with E-state index >= 15 is 0 Å². The molecule has 0 rings (SSSR count). The molecule has 508 valence electrons. The summed E-state index contributed by atoms with van der Waals surface area (Å²) in [6.45, 7) is 3.82. The number of hydrogen-bond donors (Lipinski definition) is 2. The van der Waals surface area contributed by atoms with Gasteiger partial charge in [0.15, 0.2) is 6.10 Å². The molecule has 0 heterocycles. The van der Waals surface area contributed by atoms with Gasteiger partial charge in [-0.05, 0) is 51.4 Å². The van der Waals surface area contributed by atoms with E-state index in [9.17, 15) is 19.0 Å². The van der Waals surface area contributed by atoms with Crippen LogP contribution in [0.25, 0.3) is 0 Å². The zero-order chi connectivity index (χ0) is 62.3. The summed E-state index contributed by atoms with van der Waals surface area (Å²) in [5, 5.41) is 0. The molecule has 0 aliphatic rings. The van der Waals surface area contributed by atoms with Crippen molar-refractivity contribution < 1.29 is 37.6 Å². The molecular weight excluding hydrogens is 1090 g/mol. The topological polar surface area (TPSA) is 134 Å². The molecule has 0 fully saturated rings. The maximum Gasteiger partial charge on any atom is 0.472 e. The molecule has 0 saturated carbocycles. The van der Waals surface area contributed by atoms with E-state index in [-0.39, 0.29) is 38.6 Å². The van der Waals surface area contributed by atoms with Crippen LogP contribution in [-0.4, -0.2) is 49.3 Å². The van der Waals surface area contributed by atoms with E-state index in [0.717, 1.165) is 44.9 Å². The second-order valence-corrected chi connectivity index (χ2v) is 27.3. The smallest absolute Gasteiger partial charge is 0.462 e. The Balaban J connectivity index is 3.78. The van der Waals surface area contributed by atoms with Crippen molar-refractivity contribution in [3.63, 3.8) is 0 Å². The van der Waals surface area contributed by atoms with E-state index in [2.05, 4.69) is 50.3 Å². The van der Waals surface area contributed by atoms with E-state index in [1.807, 2.05) is 0 Å². The fourth-order valence-corrected chi connectivity index (χ4v) is 12.4. The van der Waals surface area contributed by atoms with Crippen LogP contribution in [0, 0.1) is 0 Å². The lowest BCUT2D eigenvalue weighted by Crippen LogP contribution is -2.29. The highest BCUT2D eigenvalue weighted by Crippen LogP contribution is 2.43. The molecule has 86 heavy (non-hydrogen) atoms. The molecule has 0 aromatic rings. The van der Waals surface area contributed by atoms with Crippen LogP contribution in [0.2, 0.25) is 0 Å². The number of phosphoric acid groups is 1. The first-order valence-corrected chi connectivity index (χ1v) is 39.5. The monoisotopic (exact) mass is 1230 g/mol. The van der Waals surface area contributed by atoms with Crippen LogP contribution in [0.1, 0.15) is 406 Å². The molecule has 0 aromatic carbocycles. The number of hydrogen-bond acceptors (Lipinski definition) is 8. The molecule has 0 aliphatic heterocycles. The Morgan fingerprint density at radius 2 is 0.605 bits per heavy atom. The third-order valence-electron chi connectivity index (χ3n) is 17.3. The van der Waals surface area contributed by atoms with Crippen molar-refractivity contribution in [3.8, 4) is 0 Å². The van der Waals surface area contributed by atoms with Gasteiger partial charge in [0, 0.05) is 19.4 Å². The van der Waals surface area contributed by atoms with Crippen molar-refractivity contribution >= 4 is 19.8 Å². The molecule has 0 aliphatic carbocycles. The second-order valence-electron chi connectivity index (χ2n) is 25.9. The number of esters is 2. The van der Waals surface area contributed by atoms with Gasteiger partial charge in [0.2, 0.25) is 0 Å². The maximum absolute atomic E-state index is 12.8. The molecule has 9 nitrogen and oxygen atoms in total. The van der Waals surface area contributed by atoms with Gasteiger partial charge >= 0.3 is 19.8 Å². The Morgan fingerprint density at radius 1 is 0.349 bits per heavy atom. The normalized spacial score (nSPS) is 13.0. The summed E-state index contributed by atoms with van der Waals surface area (Å²) in [6.07, 6.45) is 91.3. The predicted octanol–water partition coefficient (Wildman–Crippen LogP) is 25.0. The average molecular weight is 1230 g/mol. The lowest BCUT2D eigenvalue weighted by molar-refractivity contribution is -0.161. The van der Waals surface area contributed by atoms with Gasteiger partial charge in [0.05, 0.1) is 13.2 Å². The number of unbranched alkanes of at least 4 members (excludes halogenated alkanes) is 54. The fourth-order valence-electron chi connectivity index (χ4n) is 11.7. The molecule has 2 atom stereocenters. The summed E-state index contributed by atoms with van der Waals surface area (Å²) in [7, 11) is -4.39. The Morgan fingerprint density at radius 3 is 0.895 bits per heavy atom. The summed E-state index contributed by atoms with van der Waals surface area (Å²) < 4.78 is 33.2. The third-order valence-corrected chi connectivity index (χ3v) is 18.3. The maximum atomic E-state index is 12.8. The van der Waals surface area contributed by atoms with Crippen LogP contribution in [-0.2, 0) is 32.7 Å². The van der Waals surface area contributed by atoms with Gasteiger partial charge in [0.1, 0.15) is 6.61 Å². The van der Waals surface area contributed by atoms with Gasteiger partial charge in [-0.25, -0.2) is 4.57 Å². The van der Waals surface area contributed by atoms with Crippen molar-refractivity contribution in [2.75, 3.05) is 26.4 Å². The Bertz CT molecular complexity index is 1500. The van der Waals surface area contributed by atoms with Gasteiger partial charge < -0.3 is 20.1 Å².